The first-order chi connectivity index (χ1) is 15.7. The zero-order chi connectivity index (χ0) is 21.8. The van der Waals surface area contributed by atoms with Crippen molar-refractivity contribution in [2.24, 2.45) is 5.92 Å². The van der Waals surface area contributed by atoms with Crippen molar-refractivity contribution < 1.29 is 14.6 Å². The molecule has 1 saturated heterocycles. The van der Waals surface area contributed by atoms with Gasteiger partial charge < -0.3 is 19.5 Å². The minimum Gasteiger partial charge on any atom is -0.454 e. The minimum absolute atomic E-state index is 0.318. The summed E-state index contributed by atoms with van der Waals surface area (Å²) in [5.74, 6) is 2.15. The minimum atomic E-state index is -0.965. The fraction of sp³-hybridized carbons (Fsp3) is 0.357. The van der Waals surface area contributed by atoms with Gasteiger partial charge in [0.25, 0.3) is 0 Å². The normalized spacial score (nSPS) is 18.6. The van der Waals surface area contributed by atoms with E-state index < -0.39 is 5.60 Å². The lowest BCUT2D eigenvalue weighted by Gasteiger charge is -2.38. The predicted molar refractivity (Wildman–Crippen MR) is 126 cm³/mol. The van der Waals surface area contributed by atoms with Crippen LogP contribution in [0.3, 0.4) is 0 Å². The van der Waals surface area contributed by atoms with Gasteiger partial charge in [-0.15, -0.1) is 0 Å². The molecule has 0 bridgehead atoms. The van der Waals surface area contributed by atoms with Gasteiger partial charge in [-0.25, -0.2) is 0 Å². The third-order valence-electron chi connectivity index (χ3n) is 6.84. The number of benzene rings is 3. The Morgan fingerprint density at radius 3 is 2.28 bits per heavy atom. The zero-order valence-electron chi connectivity index (χ0n) is 18.5. The van der Waals surface area contributed by atoms with E-state index in [4.69, 9.17) is 9.47 Å². The summed E-state index contributed by atoms with van der Waals surface area (Å²) < 4.78 is 10.9. The highest BCUT2D eigenvalue weighted by molar-refractivity contribution is 5.44. The van der Waals surface area contributed by atoms with Crippen LogP contribution in [0.25, 0.3) is 0 Å². The number of aliphatic hydroxyl groups is 1. The maximum absolute atomic E-state index is 11.9. The smallest absolute Gasteiger partial charge is 0.231 e. The van der Waals surface area contributed by atoms with Gasteiger partial charge in [0.05, 0.1) is 0 Å². The van der Waals surface area contributed by atoms with Crippen LogP contribution in [-0.4, -0.2) is 36.4 Å². The summed E-state index contributed by atoms with van der Waals surface area (Å²) in [6, 6.07) is 26.5. The van der Waals surface area contributed by atoms with Crippen molar-refractivity contribution in [3.63, 3.8) is 0 Å². The van der Waals surface area contributed by atoms with Crippen LogP contribution in [0.4, 0.5) is 0 Å². The summed E-state index contributed by atoms with van der Waals surface area (Å²) in [6.45, 7) is 3.48. The second-order valence-corrected chi connectivity index (χ2v) is 9.04. The van der Waals surface area contributed by atoms with Crippen molar-refractivity contribution in [2.45, 2.75) is 31.3 Å². The summed E-state index contributed by atoms with van der Waals surface area (Å²) in [7, 11) is 0. The van der Waals surface area contributed by atoms with Crippen molar-refractivity contribution in [1.82, 2.24) is 4.90 Å². The van der Waals surface area contributed by atoms with E-state index in [2.05, 4.69) is 17.0 Å². The van der Waals surface area contributed by atoms with Crippen molar-refractivity contribution in [3.05, 3.63) is 95.6 Å². The molecule has 2 heterocycles. The number of hydrogen-bond donors (Lipinski definition) is 1. The fourth-order valence-electron chi connectivity index (χ4n) is 5.15. The highest BCUT2D eigenvalue weighted by Crippen LogP contribution is 2.38. The Labute approximate surface area is 190 Å². The van der Waals surface area contributed by atoms with E-state index in [1.54, 1.807) is 0 Å². The molecule has 0 spiro atoms. The van der Waals surface area contributed by atoms with E-state index in [0.29, 0.717) is 12.7 Å². The van der Waals surface area contributed by atoms with E-state index in [0.717, 1.165) is 61.5 Å². The van der Waals surface area contributed by atoms with Gasteiger partial charge >= 0.3 is 0 Å². The molecule has 1 fully saturated rings. The summed E-state index contributed by atoms with van der Waals surface area (Å²) >= 11 is 0. The zero-order valence-corrected chi connectivity index (χ0v) is 18.5. The van der Waals surface area contributed by atoms with E-state index in [-0.39, 0.29) is 0 Å². The maximum Gasteiger partial charge on any atom is 0.231 e. The Hall–Kier alpha value is -2.82. The van der Waals surface area contributed by atoms with E-state index in [1.807, 2.05) is 66.7 Å². The molecule has 0 saturated carbocycles. The molecule has 0 amide bonds. The van der Waals surface area contributed by atoms with Gasteiger partial charge in [-0.05, 0) is 67.0 Å². The quantitative estimate of drug-likeness (QED) is 0.574. The number of piperidine rings is 1. The van der Waals surface area contributed by atoms with Crippen molar-refractivity contribution in [3.8, 4) is 11.5 Å². The highest BCUT2D eigenvalue weighted by atomic mass is 16.7. The Kier molecular flexibility index (Phi) is 6.15. The molecule has 3 aromatic carbocycles. The number of hydrogen-bond acceptors (Lipinski definition) is 4. The second-order valence-electron chi connectivity index (χ2n) is 9.04. The first-order valence-electron chi connectivity index (χ1n) is 11.6. The summed E-state index contributed by atoms with van der Waals surface area (Å²) in [5.41, 5.74) is 2.27. The number of likely N-dealkylation sites (tertiary alicyclic amines) is 1. The third-order valence-corrected chi connectivity index (χ3v) is 6.84. The standard InChI is InChI=1S/C28H31NO3/c30-28(24-9-3-1-4-10-24,25-11-5-2-6-12-25)19-23-8-7-16-29(20-23)17-15-22-13-14-26-27(18-22)32-21-31-26/h1-6,9-14,18,23,30H,7-8,15-17,19-21H2. The SMILES string of the molecule is OC(CC1CCCN(CCc2ccc3c(c2)OCO3)C1)(c1ccccc1)c1ccccc1. The largest absolute Gasteiger partial charge is 0.454 e. The molecule has 0 aromatic heterocycles. The molecular formula is C28H31NO3. The average molecular weight is 430 g/mol. The Morgan fingerprint density at radius 2 is 1.56 bits per heavy atom. The molecular weight excluding hydrogens is 398 g/mol. The van der Waals surface area contributed by atoms with Gasteiger partial charge in [-0.2, -0.15) is 0 Å². The van der Waals surface area contributed by atoms with Gasteiger partial charge in [0.1, 0.15) is 5.60 Å². The van der Waals surface area contributed by atoms with Crippen LogP contribution in [0.5, 0.6) is 11.5 Å². The summed E-state index contributed by atoms with van der Waals surface area (Å²) in [4.78, 5) is 2.55. The Morgan fingerprint density at radius 1 is 0.875 bits per heavy atom. The molecule has 32 heavy (non-hydrogen) atoms. The van der Waals surface area contributed by atoms with E-state index >= 15 is 0 Å². The first kappa shape index (κ1) is 21.0. The molecule has 5 rings (SSSR count). The van der Waals surface area contributed by atoms with Gasteiger partial charge in [-0.3, -0.25) is 0 Å². The van der Waals surface area contributed by atoms with Crippen LogP contribution in [0.1, 0.15) is 36.0 Å². The van der Waals surface area contributed by atoms with Crippen molar-refractivity contribution in [1.29, 1.82) is 0 Å². The molecule has 1 unspecified atom stereocenters. The molecule has 0 radical (unpaired) electrons. The first-order valence-corrected chi connectivity index (χ1v) is 11.6. The van der Waals surface area contributed by atoms with Crippen LogP contribution in [0.2, 0.25) is 0 Å². The molecule has 166 valence electrons. The average Bonchev–Trinajstić information content (AvgIpc) is 3.32. The lowest BCUT2D eigenvalue weighted by Crippen LogP contribution is -2.40. The lowest BCUT2D eigenvalue weighted by molar-refractivity contribution is 0.0335. The van der Waals surface area contributed by atoms with Crippen LogP contribution < -0.4 is 9.47 Å². The van der Waals surface area contributed by atoms with Crippen LogP contribution >= 0.6 is 0 Å². The fourth-order valence-corrected chi connectivity index (χ4v) is 5.15. The molecule has 4 heteroatoms. The van der Waals surface area contributed by atoms with E-state index in [1.165, 1.54) is 12.0 Å². The topological polar surface area (TPSA) is 41.9 Å². The molecule has 0 aliphatic carbocycles. The molecule has 4 nitrogen and oxygen atoms in total. The number of ether oxygens (including phenoxy) is 2. The van der Waals surface area contributed by atoms with Crippen molar-refractivity contribution >= 4 is 0 Å². The highest BCUT2D eigenvalue weighted by Gasteiger charge is 2.35. The molecule has 3 aromatic rings. The van der Waals surface area contributed by atoms with Crippen molar-refractivity contribution in [2.75, 3.05) is 26.4 Å². The van der Waals surface area contributed by atoms with Gasteiger partial charge in [-0.1, -0.05) is 66.7 Å². The number of rotatable bonds is 7. The molecule has 2 aliphatic heterocycles. The monoisotopic (exact) mass is 429 g/mol. The van der Waals surface area contributed by atoms with Gasteiger partial charge in [0, 0.05) is 13.1 Å². The third kappa shape index (κ3) is 4.52. The second kappa shape index (κ2) is 9.35. The Balaban J connectivity index is 1.27. The molecule has 2 aliphatic rings. The van der Waals surface area contributed by atoms with E-state index in [9.17, 15) is 5.11 Å². The van der Waals surface area contributed by atoms with Crippen LogP contribution in [0.15, 0.2) is 78.9 Å². The van der Waals surface area contributed by atoms with Gasteiger partial charge in [0.15, 0.2) is 11.5 Å². The summed E-state index contributed by atoms with van der Waals surface area (Å²) in [5, 5.41) is 11.9. The maximum atomic E-state index is 11.9. The van der Waals surface area contributed by atoms with Crippen LogP contribution in [0, 0.1) is 5.92 Å². The van der Waals surface area contributed by atoms with Gasteiger partial charge in [0.2, 0.25) is 6.79 Å². The van der Waals surface area contributed by atoms with Crippen LogP contribution in [-0.2, 0) is 12.0 Å². The Bertz CT molecular complexity index is 982. The number of fused-ring (bicyclic) bond motifs is 1. The predicted octanol–water partition coefficient (Wildman–Crippen LogP) is 5.00. The molecule has 1 N–H and O–H groups in total. The number of nitrogens with zero attached hydrogens (tertiary/aromatic N) is 1. The molecule has 1 atom stereocenters. The summed E-state index contributed by atoms with van der Waals surface area (Å²) in [6.07, 6.45) is 4.06. The lowest BCUT2D eigenvalue weighted by atomic mass is 9.77.